The topological polar surface area (TPSA) is 82.5 Å². The third kappa shape index (κ3) is 4.19. The number of carboxylic acids is 1. The van der Waals surface area contributed by atoms with Crippen LogP contribution in [0.1, 0.15) is 31.4 Å². The van der Waals surface area contributed by atoms with Crippen molar-refractivity contribution in [2.75, 3.05) is 13.1 Å². The molecule has 0 spiro atoms. The molecule has 20 heavy (non-hydrogen) atoms. The van der Waals surface area contributed by atoms with Crippen molar-refractivity contribution < 1.29 is 14.7 Å². The average molecular weight is 297 g/mol. The van der Waals surface area contributed by atoms with E-state index in [1.165, 1.54) is 11.3 Å². The van der Waals surface area contributed by atoms with Crippen LogP contribution >= 0.6 is 11.3 Å². The fraction of sp³-hybridized carbons (Fsp3) is 0.615. The monoisotopic (exact) mass is 297 g/mol. The Bertz CT molecular complexity index is 450. The van der Waals surface area contributed by atoms with Gasteiger partial charge in [-0.05, 0) is 19.3 Å². The second-order valence-electron chi connectivity index (χ2n) is 4.90. The van der Waals surface area contributed by atoms with Gasteiger partial charge >= 0.3 is 12.0 Å². The van der Waals surface area contributed by atoms with Gasteiger partial charge in [-0.3, -0.25) is 4.79 Å². The van der Waals surface area contributed by atoms with Crippen molar-refractivity contribution in [3.63, 3.8) is 0 Å². The molecule has 1 aliphatic rings. The molecule has 1 fully saturated rings. The molecule has 110 valence electrons. The van der Waals surface area contributed by atoms with Crippen LogP contribution in [0.15, 0.2) is 10.9 Å². The van der Waals surface area contributed by atoms with Gasteiger partial charge in [0, 0.05) is 30.9 Å². The van der Waals surface area contributed by atoms with Crippen molar-refractivity contribution >= 4 is 23.3 Å². The molecule has 1 unspecified atom stereocenters. The molecule has 0 aromatic carbocycles. The lowest BCUT2D eigenvalue weighted by molar-refractivity contribution is -0.138. The number of amides is 2. The number of nitrogens with one attached hydrogen (secondary N) is 1. The van der Waals surface area contributed by atoms with Gasteiger partial charge < -0.3 is 15.3 Å². The number of thiazole rings is 1. The van der Waals surface area contributed by atoms with Crippen LogP contribution in [0, 0.1) is 0 Å². The number of hydrogen-bond donors (Lipinski definition) is 2. The third-order valence-corrected chi connectivity index (χ3v) is 4.07. The highest BCUT2D eigenvalue weighted by atomic mass is 32.1. The summed E-state index contributed by atoms with van der Waals surface area (Å²) in [6.07, 6.45) is 3.42. The largest absolute Gasteiger partial charge is 0.481 e. The number of carbonyl (C=O) groups excluding carboxylic acids is 1. The minimum Gasteiger partial charge on any atom is -0.481 e. The molecular formula is C13H19N3O3S. The molecule has 2 heterocycles. The lowest BCUT2D eigenvalue weighted by Gasteiger charge is -2.34. The van der Waals surface area contributed by atoms with Crippen LogP contribution in [0.2, 0.25) is 0 Å². The van der Waals surface area contributed by atoms with Gasteiger partial charge in [-0.1, -0.05) is 0 Å². The molecule has 1 aliphatic heterocycles. The number of rotatable bonds is 5. The van der Waals surface area contributed by atoms with Crippen LogP contribution in [-0.4, -0.2) is 46.1 Å². The number of aliphatic carboxylic acids is 1. The van der Waals surface area contributed by atoms with Gasteiger partial charge in [-0.15, -0.1) is 11.3 Å². The number of carbonyl (C=O) groups is 2. The second kappa shape index (κ2) is 7.23. The number of piperidine rings is 1. The van der Waals surface area contributed by atoms with Crippen LogP contribution in [0.3, 0.4) is 0 Å². The number of aromatic nitrogens is 1. The SMILES string of the molecule is O=C(O)CC1CCCCN1C(=O)NCCc1cscn1. The maximum Gasteiger partial charge on any atom is 0.317 e. The van der Waals surface area contributed by atoms with E-state index in [1.54, 1.807) is 10.4 Å². The molecule has 7 heteroatoms. The van der Waals surface area contributed by atoms with Crippen molar-refractivity contribution in [3.8, 4) is 0 Å². The molecule has 1 aromatic rings. The maximum atomic E-state index is 12.1. The highest BCUT2D eigenvalue weighted by molar-refractivity contribution is 7.07. The van der Waals surface area contributed by atoms with Gasteiger partial charge in [0.15, 0.2) is 0 Å². The fourth-order valence-corrected chi connectivity index (χ4v) is 3.03. The molecule has 2 amide bonds. The predicted molar refractivity (Wildman–Crippen MR) is 75.8 cm³/mol. The van der Waals surface area contributed by atoms with Gasteiger partial charge in [0.05, 0.1) is 17.6 Å². The molecule has 1 saturated heterocycles. The minimum absolute atomic E-state index is 0.0273. The molecule has 2 N–H and O–H groups in total. The number of likely N-dealkylation sites (tertiary alicyclic amines) is 1. The first-order valence-electron chi connectivity index (χ1n) is 6.80. The van der Waals surface area contributed by atoms with Crippen molar-refractivity contribution in [1.82, 2.24) is 15.2 Å². The van der Waals surface area contributed by atoms with Crippen molar-refractivity contribution in [1.29, 1.82) is 0 Å². The lowest BCUT2D eigenvalue weighted by atomic mass is 10.00. The highest BCUT2D eigenvalue weighted by Gasteiger charge is 2.28. The standard InChI is InChI=1S/C13H19N3O3S/c17-12(18)7-11-3-1-2-6-16(11)13(19)14-5-4-10-8-20-9-15-10/h8-9,11H,1-7H2,(H,14,19)(H,17,18). The van der Waals surface area contributed by atoms with Gasteiger partial charge in [-0.2, -0.15) is 0 Å². The van der Waals surface area contributed by atoms with Crippen LogP contribution in [0.25, 0.3) is 0 Å². The van der Waals surface area contributed by atoms with Gasteiger partial charge in [0.1, 0.15) is 0 Å². The van der Waals surface area contributed by atoms with E-state index < -0.39 is 5.97 Å². The van der Waals surface area contributed by atoms with E-state index in [0.717, 1.165) is 25.0 Å². The fourth-order valence-electron chi connectivity index (χ4n) is 2.44. The molecule has 0 aliphatic carbocycles. The van der Waals surface area contributed by atoms with Gasteiger partial charge in [-0.25, -0.2) is 9.78 Å². The molecule has 6 nitrogen and oxygen atoms in total. The summed E-state index contributed by atoms with van der Waals surface area (Å²) in [6.45, 7) is 1.17. The number of hydrogen-bond acceptors (Lipinski definition) is 4. The maximum absolute atomic E-state index is 12.1. The molecule has 0 saturated carbocycles. The molecular weight excluding hydrogens is 278 g/mol. The first-order valence-corrected chi connectivity index (χ1v) is 7.74. The van der Waals surface area contributed by atoms with Crippen molar-refractivity contribution in [2.24, 2.45) is 0 Å². The zero-order valence-corrected chi connectivity index (χ0v) is 12.1. The van der Waals surface area contributed by atoms with E-state index in [9.17, 15) is 9.59 Å². The quantitative estimate of drug-likeness (QED) is 0.867. The Balaban J connectivity index is 1.81. The Labute approximate surface area is 121 Å². The summed E-state index contributed by atoms with van der Waals surface area (Å²) in [5.74, 6) is -0.850. The van der Waals surface area contributed by atoms with Crippen LogP contribution in [0.5, 0.6) is 0 Å². The van der Waals surface area contributed by atoms with E-state index in [2.05, 4.69) is 10.3 Å². The van der Waals surface area contributed by atoms with E-state index in [4.69, 9.17) is 5.11 Å². The summed E-state index contributed by atoms with van der Waals surface area (Å²) in [7, 11) is 0. The molecule has 0 bridgehead atoms. The highest BCUT2D eigenvalue weighted by Crippen LogP contribution is 2.19. The molecule has 0 radical (unpaired) electrons. The summed E-state index contributed by atoms with van der Waals surface area (Å²) in [4.78, 5) is 28.8. The van der Waals surface area contributed by atoms with E-state index in [1.807, 2.05) is 5.38 Å². The van der Waals surface area contributed by atoms with E-state index in [-0.39, 0.29) is 18.5 Å². The zero-order chi connectivity index (χ0) is 14.4. The molecule has 1 aromatic heterocycles. The smallest absolute Gasteiger partial charge is 0.317 e. The predicted octanol–water partition coefficient (Wildman–Crippen LogP) is 1.72. The number of urea groups is 1. The number of carboxylic acid groups (broad SMARTS) is 1. The Morgan fingerprint density at radius 1 is 1.50 bits per heavy atom. The van der Waals surface area contributed by atoms with Crippen LogP contribution in [0.4, 0.5) is 4.79 Å². The normalized spacial score (nSPS) is 18.8. The Morgan fingerprint density at radius 2 is 2.35 bits per heavy atom. The summed E-state index contributed by atoms with van der Waals surface area (Å²) < 4.78 is 0. The minimum atomic E-state index is -0.850. The van der Waals surface area contributed by atoms with Crippen LogP contribution < -0.4 is 5.32 Å². The van der Waals surface area contributed by atoms with Crippen LogP contribution in [-0.2, 0) is 11.2 Å². The summed E-state index contributed by atoms with van der Waals surface area (Å²) in [6, 6.07) is -0.341. The number of nitrogens with zero attached hydrogens (tertiary/aromatic N) is 2. The summed E-state index contributed by atoms with van der Waals surface area (Å²) in [5, 5.41) is 13.7. The first kappa shape index (κ1) is 14.8. The third-order valence-electron chi connectivity index (χ3n) is 3.44. The molecule has 2 rings (SSSR count). The summed E-state index contributed by atoms with van der Waals surface area (Å²) in [5.41, 5.74) is 2.74. The Hall–Kier alpha value is -1.63. The van der Waals surface area contributed by atoms with Gasteiger partial charge in [0.25, 0.3) is 0 Å². The van der Waals surface area contributed by atoms with Gasteiger partial charge in [0.2, 0.25) is 0 Å². The second-order valence-corrected chi connectivity index (χ2v) is 5.62. The summed E-state index contributed by atoms with van der Waals surface area (Å²) >= 11 is 1.53. The van der Waals surface area contributed by atoms with Crippen molar-refractivity contribution in [2.45, 2.75) is 38.1 Å². The van der Waals surface area contributed by atoms with E-state index >= 15 is 0 Å². The Kier molecular flexibility index (Phi) is 5.34. The lowest BCUT2D eigenvalue weighted by Crippen LogP contribution is -2.49. The average Bonchev–Trinajstić information content (AvgIpc) is 2.91. The molecule has 1 atom stereocenters. The zero-order valence-electron chi connectivity index (χ0n) is 11.2. The van der Waals surface area contributed by atoms with Crippen molar-refractivity contribution in [3.05, 3.63) is 16.6 Å². The Morgan fingerprint density at radius 3 is 3.05 bits per heavy atom. The first-order chi connectivity index (χ1) is 9.66. The van der Waals surface area contributed by atoms with E-state index in [0.29, 0.717) is 19.5 Å².